The maximum atomic E-state index is 14.4. The number of aliphatic carboxylic acids is 1. The first-order valence-electron chi connectivity index (χ1n) is 11.9. The fourth-order valence-corrected chi connectivity index (χ4v) is 4.90. The normalized spacial score (nSPS) is 17.9. The zero-order valence-electron chi connectivity index (χ0n) is 20.6. The van der Waals surface area contributed by atoms with Crippen molar-refractivity contribution in [2.75, 3.05) is 19.6 Å². The van der Waals surface area contributed by atoms with Gasteiger partial charge in [0.2, 0.25) is 0 Å². The van der Waals surface area contributed by atoms with Crippen LogP contribution in [0.3, 0.4) is 0 Å². The van der Waals surface area contributed by atoms with Crippen molar-refractivity contribution in [1.82, 2.24) is 29.4 Å². The van der Waals surface area contributed by atoms with E-state index in [-0.39, 0.29) is 25.1 Å². The number of carbonyl (C=O) groups is 1. The van der Waals surface area contributed by atoms with Crippen LogP contribution in [0.2, 0.25) is 0 Å². The Balaban J connectivity index is 1.63. The monoisotopic (exact) mass is 500 g/mol. The molecule has 0 bridgehead atoms. The van der Waals surface area contributed by atoms with Crippen molar-refractivity contribution < 1.29 is 18.7 Å². The van der Waals surface area contributed by atoms with Crippen molar-refractivity contribution in [3.63, 3.8) is 0 Å². The lowest BCUT2D eigenvalue weighted by atomic mass is 9.87. The summed E-state index contributed by atoms with van der Waals surface area (Å²) in [4.78, 5) is 29.5. The Morgan fingerprint density at radius 2 is 2.03 bits per heavy atom. The van der Waals surface area contributed by atoms with Crippen LogP contribution in [0.4, 0.5) is 8.78 Å². The van der Waals surface area contributed by atoms with E-state index in [0.717, 1.165) is 18.4 Å². The zero-order valence-corrected chi connectivity index (χ0v) is 20.6. The summed E-state index contributed by atoms with van der Waals surface area (Å²) in [6.07, 6.45) is 3.31. The highest BCUT2D eigenvalue weighted by atomic mass is 19.3. The standard InChI is InChI=1S/C25H30F2N6O3/c1-4-5-17-6-9-22(34)33(11-17)13-21-24(29-30-31(21)3)20-8-7-19(16(2)28-20)18-10-25(26,27)15-32(12-18)14-23(35)36/h6-9,11,18H,4-5,10,12-15H2,1-3H3,(H,35,36)/t18-/m0/s1. The largest absolute Gasteiger partial charge is 0.480 e. The highest BCUT2D eigenvalue weighted by molar-refractivity contribution is 5.69. The Labute approximate surface area is 207 Å². The number of halogens is 2. The summed E-state index contributed by atoms with van der Waals surface area (Å²) in [6.45, 7) is 3.31. The third kappa shape index (κ3) is 5.67. The number of piperidine rings is 1. The van der Waals surface area contributed by atoms with E-state index in [9.17, 15) is 18.4 Å². The van der Waals surface area contributed by atoms with Gasteiger partial charge in [-0.05, 0) is 30.5 Å². The minimum absolute atomic E-state index is 0.134. The van der Waals surface area contributed by atoms with Crippen molar-refractivity contribution in [1.29, 1.82) is 0 Å². The number of aryl methyl sites for hydroxylation is 3. The van der Waals surface area contributed by atoms with Crippen molar-refractivity contribution in [3.05, 3.63) is 63.3 Å². The van der Waals surface area contributed by atoms with E-state index in [1.54, 1.807) is 41.4 Å². The van der Waals surface area contributed by atoms with E-state index in [2.05, 4.69) is 22.2 Å². The fourth-order valence-electron chi connectivity index (χ4n) is 4.90. The number of likely N-dealkylation sites (tertiary alicyclic amines) is 1. The van der Waals surface area contributed by atoms with Gasteiger partial charge in [-0.1, -0.05) is 30.7 Å². The summed E-state index contributed by atoms with van der Waals surface area (Å²) < 4.78 is 32.0. The van der Waals surface area contributed by atoms with Crippen molar-refractivity contribution in [2.24, 2.45) is 7.05 Å². The number of aromatic nitrogens is 5. The highest BCUT2D eigenvalue weighted by Crippen LogP contribution is 2.37. The molecule has 0 radical (unpaired) electrons. The van der Waals surface area contributed by atoms with Gasteiger partial charge in [-0.3, -0.25) is 19.5 Å². The van der Waals surface area contributed by atoms with Gasteiger partial charge in [0.1, 0.15) is 5.69 Å². The topological polar surface area (TPSA) is 106 Å². The predicted molar refractivity (Wildman–Crippen MR) is 129 cm³/mol. The maximum Gasteiger partial charge on any atom is 0.317 e. The molecule has 1 N–H and O–H groups in total. The lowest BCUT2D eigenvalue weighted by Crippen LogP contribution is -2.48. The molecule has 0 saturated carbocycles. The lowest BCUT2D eigenvalue weighted by molar-refractivity contribution is -0.141. The van der Waals surface area contributed by atoms with Gasteiger partial charge in [-0.15, -0.1) is 5.10 Å². The molecule has 4 rings (SSSR count). The first kappa shape index (κ1) is 25.6. The van der Waals surface area contributed by atoms with Gasteiger partial charge in [-0.25, -0.2) is 13.5 Å². The molecule has 0 spiro atoms. The van der Waals surface area contributed by atoms with E-state index in [1.807, 2.05) is 12.3 Å². The minimum Gasteiger partial charge on any atom is -0.480 e. The molecule has 36 heavy (non-hydrogen) atoms. The van der Waals surface area contributed by atoms with Gasteiger partial charge < -0.3 is 9.67 Å². The van der Waals surface area contributed by atoms with Crippen LogP contribution in [0.25, 0.3) is 11.4 Å². The number of hydrogen-bond donors (Lipinski definition) is 1. The molecule has 1 atom stereocenters. The smallest absolute Gasteiger partial charge is 0.317 e. The summed E-state index contributed by atoms with van der Waals surface area (Å²) in [5.74, 6) is -4.66. The summed E-state index contributed by atoms with van der Waals surface area (Å²) in [5.41, 5.74) is 3.90. The molecule has 1 saturated heterocycles. The molecule has 0 amide bonds. The van der Waals surface area contributed by atoms with Crippen LogP contribution in [-0.4, -0.2) is 66.1 Å². The molecule has 11 heteroatoms. The summed E-state index contributed by atoms with van der Waals surface area (Å²) in [5, 5.41) is 17.5. The summed E-state index contributed by atoms with van der Waals surface area (Å²) in [6, 6.07) is 6.87. The summed E-state index contributed by atoms with van der Waals surface area (Å²) in [7, 11) is 1.75. The predicted octanol–water partition coefficient (Wildman–Crippen LogP) is 2.86. The molecule has 4 heterocycles. The Bertz CT molecular complexity index is 1320. The van der Waals surface area contributed by atoms with Gasteiger partial charge in [0.25, 0.3) is 11.5 Å². The number of alkyl halides is 2. The Kier molecular flexibility index (Phi) is 7.30. The van der Waals surface area contributed by atoms with Crippen LogP contribution in [0.5, 0.6) is 0 Å². The average molecular weight is 501 g/mol. The van der Waals surface area contributed by atoms with Crippen LogP contribution in [0.15, 0.2) is 35.3 Å². The second-order valence-corrected chi connectivity index (χ2v) is 9.45. The first-order valence-corrected chi connectivity index (χ1v) is 11.9. The Hall–Kier alpha value is -3.47. The number of pyridine rings is 2. The van der Waals surface area contributed by atoms with Crippen LogP contribution >= 0.6 is 0 Å². The van der Waals surface area contributed by atoms with E-state index in [4.69, 9.17) is 5.11 Å². The second kappa shape index (κ2) is 10.3. The molecule has 1 aliphatic heterocycles. The van der Waals surface area contributed by atoms with E-state index in [1.165, 1.54) is 4.90 Å². The SMILES string of the molecule is CCCc1ccc(=O)n(Cc2c(-c3ccc([C@@H]4CN(CC(=O)O)CC(F)(F)C4)c(C)n3)nnn2C)c1. The molecule has 0 aromatic carbocycles. The molecule has 0 unspecified atom stereocenters. The molecule has 1 aliphatic rings. The van der Waals surface area contributed by atoms with Gasteiger partial charge >= 0.3 is 5.97 Å². The fraction of sp³-hybridized carbons (Fsp3) is 0.480. The Morgan fingerprint density at radius 3 is 2.72 bits per heavy atom. The third-order valence-corrected chi connectivity index (χ3v) is 6.49. The molecule has 0 aliphatic carbocycles. The van der Waals surface area contributed by atoms with E-state index in [0.29, 0.717) is 28.3 Å². The molecular formula is C25H30F2N6O3. The van der Waals surface area contributed by atoms with Gasteiger partial charge in [0.05, 0.1) is 31.0 Å². The third-order valence-electron chi connectivity index (χ3n) is 6.49. The molecule has 1 fully saturated rings. The molecule has 9 nitrogen and oxygen atoms in total. The van der Waals surface area contributed by atoms with Gasteiger partial charge in [0.15, 0.2) is 0 Å². The number of hydrogen-bond acceptors (Lipinski definition) is 6. The number of carboxylic acid groups (broad SMARTS) is 1. The van der Waals surface area contributed by atoms with E-state index < -0.39 is 30.9 Å². The highest BCUT2D eigenvalue weighted by Gasteiger charge is 2.41. The summed E-state index contributed by atoms with van der Waals surface area (Å²) >= 11 is 0. The molecule has 192 valence electrons. The average Bonchev–Trinajstić information content (AvgIpc) is 3.14. The van der Waals surface area contributed by atoms with Crippen LogP contribution in [0, 0.1) is 6.92 Å². The van der Waals surface area contributed by atoms with E-state index >= 15 is 0 Å². The van der Waals surface area contributed by atoms with Gasteiger partial charge in [0, 0.05) is 43.9 Å². The number of rotatable bonds is 8. The minimum atomic E-state index is -2.98. The second-order valence-electron chi connectivity index (χ2n) is 9.45. The maximum absolute atomic E-state index is 14.4. The molecule has 3 aromatic rings. The Morgan fingerprint density at radius 1 is 1.25 bits per heavy atom. The zero-order chi connectivity index (χ0) is 26.0. The van der Waals surface area contributed by atoms with Crippen LogP contribution < -0.4 is 5.56 Å². The first-order chi connectivity index (χ1) is 17.1. The van der Waals surface area contributed by atoms with Crippen LogP contribution in [0.1, 0.15) is 48.2 Å². The number of carboxylic acids is 1. The molecular weight excluding hydrogens is 470 g/mol. The van der Waals surface area contributed by atoms with Crippen molar-refractivity contribution in [3.8, 4) is 11.4 Å². The van der Waals surface area contributed by atoms with Crippen molar-refractivity contribution in [2.45, 2.75) is 51.5 Å². The quantitative estimate of drug-likeness (QED) is 0.507. The molecule has 3 aromatic heterocycles. The number of nitrogens with zero attached hydrogens (tertiary/aromatic N) is 6. The van der Waals surface area contributed by atoms with Crippen molar-refractivity contribution >= 4 is 5.97 Å². The van der Waals surface area contributed by atoms with Gasteiger partial charge in [-0.2, -0.15) is 0 Å². The van der Waals surface area contributed by atoms with Crippen LogP contribution in [-0.2, 0) is 24.8 Å². The lowest BCUT2D eigenvalue weighted by Gasteiger charge is -2.37.